The van der Waals surface area contributed by atoms with Crippen molar-refractivity contribution in [3.05, 3.63) is 72.3 Å². The molecule has 0 unspecified atom stereocenters. The van der Waals surface area contributed by atoms with Gasteiger partial charge in [-0.1, -0.05) is 30.3 Å². The Morgan fingerprint density at radius 3 is 2.84 bits per heavy atom. The van der Waals surface area contributed by atoms with Crippen LogP contribution in [0.2, 0.25) is 0 Å². The summed E-state index contributed by atoms with van der Waals surface area (Å²) < 4.78 is 25.5. The van der Waals surface area contributed by atoms with Gasteiger partial charge in [0.2, 0.25) is 0 Å². The zero-order valence-corrected chi connectivity index (χ0v) is 17.3. The van der Waals surface area contributed by atoms with Gasteiger partial charge in [-0.25, -0.2) is 9.37 Å². The number of pyridine rings is 1. The monoisotopic (exact) mass is 428 g/mol. The highest BCUT2D eigenvalue weighted by Gasteiger charge is 2.20. The van der Waals surface area contributed by atoms with Crippen molar-refractivity contribution in [2.24, 2.45) is 0 Å². The quantitative estimate of drug-likeness (QED) is 0.318. The summed E-state index contributed by atoms with van der Waals surface area (Å²) in [5, 5.41) is 9.47. The molecule has 152 valence electrons. The largest absolute Gasteiger partial charge is 0.452 e. The first-order valence-electron chi connectivity index (χ1n) is 9.59. The van der Waals surface area contributed by atoms with Crippen molar-refractivity contribution in [2.45, 2.75) is 6.92 Å². The van der Waals surface area contributed by atoms with E-state index in [0.29, 0.717) is 16.9 Å². The van der Waals surface area contributed by atoms with Gasteiger partial charge in [0, 0.05) is 40.5 Å². The molecule has 0 saturated heterocycles. The number of nitrogens with zero attached hydrogens (tertiary/aromatic N) is 2. The van der Waals surface area contributed by atoms with Gasteiger partial charge in [0.05, 0.1) is 4.70 Å². The lowest BCUT2D eigenvalue weighted by Gasteiger charge is -2.09. The van der Waals surface area contributed by atoms with E-state index in [4.69, 9.17) is 15.6 Å². The zero-order valence-electron chi connectivity index (χ0n) is 16.5. The Balaban J connectivity index is 1.85. The third-order valence-electron chi connectivity index (χ3n) is 5.27. The molecule has 0 spiro atoms. The number of aromatic nitrogens is 2. The number of allylic oxidation sites excluding steroid dienone is 2. The average molecular weight is 428 g/mol. The lowest BCUT2D eigenvalue weighted by molar-refractivity contribution is 0.628. The number of furan rings is 1. The molecule has 3 N–H and O–H groups in total. The number of hydrogen-bond donors (Lipinski definition) is 2. The number of benzene rings is 2. The lowest BCUT2D eigenvalue weighted by Crippen LogP contribution is -1.94. The molecule has 3 aromatic heterocycles. The maximum atomic E-state index is 14.0. The SMILES string of the molecule is C/C=C(\C=N)c1cnc(N)c2oc(-c3c(-c4cccc(F)c4)ccc4cnsc34)cc12. The summed E-state index contributed by atoms with van der Waals surface area (Å²) in [6, 6.07) is 12.3. The lowest BCUT2D eigenvalue weighted by atomic mass is 9.96. The van der Waals surface area contributed by atoms with E-state index in [1.807, 2.05) is 37.3 Å². The third-order valence-corrected chi connectivity index (χ3v) is 6.10. The minimum atomic E-state index is -0.308. The first-order chi connectivity index (χ1) is 15.1. The minimum Gasteiger partial charge on any atom is -0.452 e. The number of nitrogens with two attached hydrogens (primary N) is 1. The fourth-order valence-corrected chi connectivity index (χ4v) is 4.59. The van der Waals surface area contributed by atoms with E-state index in [1.165, 1.54) is 29.9 Å². The van der Waals surface area contributed by atoms with E-state index in [1.54, 1.807) is 18.5 Å². The highest BCUT2D eigenvalue weighted by atomic mass is 32.1. The summed E-state index contributed by atoms with van der Waals surface area (Å²) in [5.74, 6) is 0.552. The Morgan fingerprint density at radius 1 is 1.19 bits per heavy atom. The van der Waals surface area contributed by atoms with E-state index in [0.717, 1.165) is 37.7 Å². The summed E-state index contributed by atoms with van der Waals surface area (Å²) in [6.07, 6.45) is 6.57. The van der Waals surface area contributed by atoms with Crippen LogP contribution in [0, 0.1) is 11.2 Å². The van der Waals surface area contributed by atoms with Gasteiger partial charge in [0.25, 0.3) is 0 Å². The Labute approximate surface area is 181 Å². The topological polar surface area (TPSA) is 88.8 Å². The smallest absolute Gasteiger partial charge is 0.177 e. The number of hydrogen-bond acceptors (Lipinski definition) is 6. The van der Waals surface area contributed by atoms with Crippen molar-refractivity contribution in [1.82, 2.24) is 9.36 Å². The minimum absolute atomic E-state index is 0.272. The van der Waals surface area contributed by atoms with E-state index >= 15 is 0 Å². The maximum absolute atomic E-state index is 14.0. The fraction of sp³-hybridized carbons (Fsp3) is 0.0417. The molecular formula is C24H17FN4OS. The van der Waals surface area contributed by atoms with Crippen LogP contribution in [0.15, 0.2) is 65.4 Å². The molecule has 0 radical (unpaired) electrons. The fourth-order valence-electron chi connectivity index (χ4n) is 3.79. The van der Waals surface area contributed by atoms with E-state index in [2.05, 4.69) is 9.36 Å². The van der Waals surface area contributed by atoms with Crippen LogP contribution in [-0.2, 0) is 0 Å². The Bertz CT molecular complexity index is 1500. The van der Waals surface area contributed by atoms with Gasteiger partial charge in [-0.05, 0) is 53.4 Å². The van der Waals surface area contributed by atoms with E-state index in [9.17, 15) is 4.39 Å². The Morgan fingerprint density at radius 2 is 2.06 bits per heavy atom. The van der Waals surface area contributed by atoms with Crippen LogP contribution in [0.3, 0.4) is 0 Å². The molecule has 0 aliphatic heterocycles. The zero-order chi connectivity index (χ0) is 21.5. The van der Waals surface area contributed by atoms with Crippen LogP contribution < -0.4 is 5.73 Å². The highest BCUT2D eigenvalue weighted by molar-refractivity contribution is 7.14. The second kappa shape index (κ2) is 7.45. The van der Waals surface area contributed by atoms with Crippen molar-refractivity contribution < 1.29 is 8.81 Å². The molecule has 2 aromatic carbocycles. The molecule has 5 aromatic rings. The maximum Gasteiger partial charge on any atom is 0.177 e. The summed E-state index contributed by atoms with van der Waals surface area (Å²) in [7, 11) is 0. The molecule has 0 aliphatic carbocycles. The Hall–Kier alpha value is -3.84. The van der Waals surface area contributed by atoms with Crippen molar-refractivity contribution >= 4 is 50.2 Å². The number of rotatable bonds is 4. The molecule has 5 nitrogen and oxygen atoms in total. The van der Waals surface area contributed by atoms with Crippen LogP contribution in [0.1, 0.15) is 12.5 Å². The molecular weight excluding hydrogens is 411 g/mol. The molecule has 0 fully saturated rings. The van der Waals surface area contributed by atoms with Crippen molar-refractivity contribution in [1.29, 1.82) is 5.41 Å². The van der Waals surface area contributed by atoms with Gasteiger partial charge < -0.3 is 15.6 Å². The summed E-state index contributed by atoms with van der Waals surface area (Å²) >= 11 is 1.36. The van der Waals surface area contributed by atoms with E-state index in [-0.39, 0.29) is 11.6 Å². The summed E-state index contributed by atoms with van der Waals surface area (Å²) in [5.41, 5.74) is 10.5. The molecule has 0 aliphatic rings. The second-order valence-electron chi connectivity index (χ2n) is 7.04. The summed E-state index contributed by atoms with van der Waals surface area (Å²) in [6.45, 7) is 1.86. The van der Waals surface area contributed by atoms with Gasteiger partial charge in [-0.2, -0.15) is 4.37 Å². The highest BCUT2D eigenvalue weighted by Crippen LogP contribution is 2.43. The molecule has 0 atom stereocenters. The van der Waals surface area contributed by atoms with Crippen molar-refractivity contribution in [3.63, 3.8) is 0 Å². The van der Waals surface area contributed by atoms with Crippen LogP contribution in [-0.4, -0.2) is 15.6 Å². The first-order valence-corrected chi connectivity index (χ1v) is 10.4. The first kappa shape index (κ1) is 19.1. The van der Waals surface area contributed by atoms with Gasteiger partial charge in [0.15, 0.2) is 11.4 Å². The molecule has 0 amide bonds. The normalized spacial score (nSPS) is 12.0. The standard InChI is InChI=1S/C24H17FN4OS/c1-2-13(10-26)19-12-28-24(27)22-18(19)9-20(30-22)21-17(14-4-3-5-16(25)8-14)7-6-15-11-29-31-23(15)21/h2-12,26H,1H3,(H2,27,28)/b13-2+,26-10?. The average Bonchev–Trinajstić information content (AvgIpc) is 3.43. The molecule has 0 saturated carbocycles. The van der Waals surface area contributed by atoms with Gasteiger partial charge >= 0.3 is 0 Å². The second-order valence-corrected chi connectivity index (χ2v) is 7.84. The predicted octanol–water partition coefficient (Wildman–Crippen LogP) is 6.55. The number of halogens is 1. The molecule has 3 heterocycles. The van der Waals surface area contributed by atoms with Crippen LogP contribution in [0.25, 0.3) is 49.1 Å². The van der Waals surface area contributed by atoms with Crippen LogP contribution in [0.5, 0.6) is 0 Å². The Kier molecular flexibility index (Phi) is 4.60. The van der Waals surface area contributed by atoms with E-state index < -0.39 is 0 Å². The predicted molar refractivity (Wildman–Crippen MR) is 125 cm³/mol. The molecule has 5 rings (SSSR count). The number of nitrogen functional groups attached to an aromatic ring is 1. The molecule has 31 heavy (non-hydrogen) atoms. The third kappa shape index (κ3) is 3.10. The molecule has 7 heteroatoms. The van der Waals surface area contributed by atoms with Gasteiger partial charge in [-0.3, -0.25) is 0 Å². The summed E-state index contributed by atoms with van der Waals surface area (Å²) in [4.78, 5) is 4.26. The molecule has 0 bridgehead atoms. The van der Waals surface area contributed by atoms with Crippen LogP contribution in [0.4, 0.5) is 10.2 Å². The van der Waals surface area contributed by atoms with Gasteiger partial charge in [-0.15, -0.1) is 0 Å². The number of nitrogens with one attached hydrogen (secondary N) is 1. The van der Waals surface area contributed by atoms with Crippen molar-refractivity contribution in [2.75, 3.05) is 5.73 Å². The van der Waals surface area contributed by atoms with Crippen LogP contribution >= 0.6 is 11.5 Å². The van der Waals surface area contributed by atoms with Gasteiger partial charge in [0.1, 0.15) is 11.6 Å². The van der Waals surface area contributed by atoms with Crippen molar-refractivity contribution in [3.8, 4) is 22.5 Å². The number of anilines is 1. The number of fused-ring (bicyclic) bond motifs is 2.